The van der Waals surface area contributed by atoms with E-state index < -0.39 is 11.7 Å². The van der Waals surface area contributed by atoms with E-state index in [-0.39, 0.29) is 17.8 Å². The van der Waals surface area contributed by atoms with Gasteiger partial charge in [0.25, 0.3) is 5.91 Å². The maximum atomic E-state index is 13.6. The molecule has 1 aromatic rings. The standard InChI is InChI=1S/C10H10FN3O/c1-13-10(15)7-3-2-4-8(9(7)11)14-6-5-12/h2-4,14H,6H2,1H3,(H,13,15). The minimum Gasteiger partial charge on any atom is -0.370 e. The lowest BCUT2D eigenvalue weighted by Gasteiger charge is -2.07. The number of benzene rings is 1. The largest absolute Gasteiger partial charge is 0.370 e. The van der Waals surface area contributed by atoms with Crippen LogP contribution in [0.4, 0.5) is 10.1 Å². The van der Waals surface area contributed by atoms with Gasteiger partial charge < -0.3 is 10.6 Å². The van der Waals surface area contributed by atoms with Crippen molar-refractivity contribution in [3.63, 3.8) is 0 Å². The Morgan fingerprint density at radius 3 is 2.93 bits per heavy atom. The summed E-state index contributed by atoms with van der Waals surface area (Å²) < 4.78 is 13.6. The highest BCUT2D eigenvalue weighted by atomic mass is 19.1. The zero-order valence-corrected chi connectivity index (χ0v) is 8.17. The SMILES string of the molecule is CNC(=O)c1cccc(NCC#N)c1F. The van der Waals surface area contributed by atoms with E-state index in [0.717, 1.165) is 0 Å². The van der Waals surface area contributed by atoms with Crippen LogP contribution in [0, 0.1) is 17.1 Å². The fourth-order valence-electron chi connectivity index (χ4n) is 1.11. The van der Waals surface area contributed by atoms with Crippen molar-refractivity contribution in [3.8, 4) is 6.07 Å². The highest BCUT2D eigenvalue weighted by molar-refractivity contribution is 5.95. The number of rotatable bonds is 3. The van der Waals surface area contributed by atoms with E-state index in [4.69, 9.17) is 5.26 Å². The maximum Gasteiger partial charge on any atom is 0.254 e. The summed E-state index contributed by atoms with van der Waals surface area (Å²) in [5.41, 5.74) is 0.109. The van der Waals surface area contributed by atoms with Crippen LogP contribution in [0.2, 0.25) is 0 Å². The second-order valence-corrected chi connectivity index (χ2v) is 2.76. The predicted molar refractivity (Wildman–Crippen MR) is 53.9 cm³/mol. The number of nitriles is 1. The van der Waals surface area contributed by atoms with Gasteiger partial charge in [-0.15, -0.1) is 0 Å². The van der Waals surface area contributed by atoms with Gasteiger partial charge in [0, 0.05) is 7.05 Å². The zero-order chi connectivity index (χ0) is 11.3. The van der Waals surface area contributed by atoms with Gasteiger partial charge in [-0.25, -0.2) is 4.39 Å². The predicted octanol–water partition coefficient (Wildman–Crippen LogP) is 1.12. The Kier molecular flexibility index (Phi) is 3.63. The summed E-state index contributed by atoms with van der Waals surface area (Å²) in [6, 6.07) is 6.23. The molecule has 4 nitrogen and oxygen atoms in total. The Balaban J connectivity index is 3.01. The Morgan fingerprint density at radius 1 is 1.60 bits per heavy atom. The Morgan fingerprint density at radius 2 is 2.33 bits per heavy atom. The number of carbonyl (C=O) groups excluding carboxylic acids is 1. The van der Waals surface area contributed by atoms with Crippen LogP contribution >= 0.6 is 0 Å². The Bertz CT molecular complexity index is 412. The van der Waals surface area contributed by atoms with Crippen LogP contribution in [0.1, 0.15) is 10.4 Å². The van der Waals surface area contributed by atoms with E-state index in [1.54, 1.807) is 6.07 Å². The molecular weight excluding hydrogens is 197 g/mol. The molecule has 0 bridgehead atoms. The first-order valence-corrected chi connectivity index (χ1v) is 4.32. The zero-order valence-electron chi connectivity index (χ0n) is 8.17. The number of nitrogens with one attached hydrogen (secondary N) is 2. The number of halogens is 1. The number of hydrogen-bond acceptors (Lipinski definition) is 3. The third kappa shape index (κ3) is 2.44. The van der Waals surface area contributed by atoms with E-state index in [2.05, 4.69) is 10.6 Å². The number of carbonyl (C=O) groups is 1. The molecule has 1 rings (SSSR count). The van der Waals surface area contributed by atoms with Crippen LogP contribution in [0.25, 0.3) is 0 Å². The molecule has 1 amide bonds. The third-order valence-corrected chi connectivity index (χ3v) is 1.83. The van der Waals surface area contributed by atoms with Crippen molar-refractivity contribution in [2.45, 2.75) is 0 Å². The lowest BCUT2D eigenvalue weighted by atomic mass is 10.1. The molecule has 0 saturated carbocycles. The van der Waals surface area contributed by atoms with Crippen LogP contribution in [-0.2, 0) is 0 Å². The van der Waals surface area contributed by atoms with Gasteiger partial charge in [0.15, 0.2) is 5.82 Å². The summed E-state index contributed by atoms with van der Waals surface area (Å²) in [7, 11) is 1.43. The van der Waals surface area contributed by atoms with E-state index in [9.17, 15) is 9.18 Å². The van der Waals surface area contributed by atoms with Crippen LogP contribution in [0.3, 0.4) is 0 Å². The highest BCUT2D eigenvalue weighted by Crippen LogP contribution is 2.17. The fraction of sp³-hybridized carbons (Fsp3) is 0.200. The summed E-state index contributed by atoms with van der Waals surface area (Å²) in [4.78, 5) is 11.2. The topological polar surface area (TPSA) is 64.9 Å². The minimum absolute atomic E-state index is 0.00584. The monoisotopic (exact) mass is 207 g/mol. The van der Waals surface area contributed by atoms with Crippen molar-refractivity contribution in [1.82, 2.24) is 5.32 Å². The van der Waals surface area contributed by atoms with Gasteiger partial charge in [0.05, 0.1) is 17.3 Å². The van der Waals surface area contributed by atoms with Crippen molar-refractivity contribution >= 4 is 11.6 Å². The van der Waals surface area contributed by atoms with Crippen molar-refractivity contribution in [1.29, 1.82) is 5.26 Å². The van der Waals surface area contributed by atoms with Gasteiger partial charge in [0.2, 0.25) is 0 Å². The van der Waals surface area contributed by atoms with Gasteiger partial charge in [-0.3, -0.25) is 4.79 Å². The lowest BCUT2D eigenvalue weighted by Crippen LogP contribution is -2.19. The van der Waals surface area contributed by atoms with E-state index >= 15 is 0 Å². The molecule has 0 radical (unpaired) electrons. The quantitative estimate of drug-likeness (QED) is 0.730. The van der Waals surface area contributed by atoms with Gasteiger partial charge in [-0.2, -0.15) is 5.26 Å². The van der Waals surface area contributed by atoms with Crippen LogP contribution in [0.5, 0.6) is 0 Å². The second kappa shape index (κ2) is 4.96. The number of amides is 1. The summed E-state index contributed by atoms with van der Waals surface area (Å²) in [6.45, 7) is -0.00584. The van der Waals surface area contributed by atoms with Crippen molar-refractivity contribution in [2.24, 2.45) is 0 Å². The van der Waals surface area contributed by atoms with Crippen LogP contribution in [0.15, 0.2) is 18.2 Å². The highest BCUT2D eigenvalue weighted by Gasteiger charge is 2.12. The second-order valence-electron chi connectivity index (χ2n) is 2.76. The molecule has 0 saturated heterocycles. The van der Waals surface area contributed by atoms with Gasteiger partial charge in [0.1, 0.15) is 6.54 Å². The van der Waals surface area contributed by atoms with Crippen LogP contribution in [-0.4, -0.2) is 19.5 Å². The smallest absolute Gasteiger partial charge is 0.254 e. The molecule has 0 heterocycles. The first-order valence-electron chi connectivity index (χ1n) is 4.32. The van der Waals surface area contributed by atoms with Crippen molar-refractivity contribution < 1.29 is 9.18 Å². The molecule has 0 atom stereocenters. The molecule has 15 heavy (non-hydrogen) atoms. The summed E-state index contributed by atoms with van der Waals surface area (Å²) in [5.74, 6) is -1.14. The number of nitrogens with zero attached hydrogens (tertiary/aromatic N) is 1. The molecule has 0 aliphatic carbocycles. The molecule has 0 spiro atoms. The molecular formula is C10H10FN3O. The van der Waals surface area contributed by atoms with E-state index in [1.807, 2.05) is 6.07 Å². The molecule has 1 aromatic carbocycles. The molecule has 0 aromatic heterocycles. The summed E-state index contributed by atoms with van der Waals surface area (Å²) in [5, 5.41) is 13.2. The Hall–Kier alpha value is -2.09. The molecule has 0 aliphatic rings. The maximum absolute atomic E-state index is 13.6. The van der Waals surface area contributed by atoms with Crippen LogP contribution < -0.4 is 10.6 Å². The summed E-state index contributed by atoms with van der Waals surface area (Å²) in [6.07, 6.45) is 0. The average molecular weight is 207 g/mol. The normalized spacial score (nSPS) is 9.13. The van der Waals surface area contributed by atoms with Gasteiger partial charge in [-0.1, -0.05) is 6.07 Å². The molecule has 0 unspecified atom stereocenters. The number of hydrogen-bond donors (Lipinski definition) is 2. The average Bonchev–Trinajstić information content (AvgIpc) is 2.27. The number of anilines is 1. The Labute approximate surface area is 86.7 Å². The molecule has 78 valence electrons. The molecule has 0 aliphatic heterocycles. The van der Waals surface area contributed by atoms with Crippen molar-refractivity contribution in [3.05, 3.63) is 29.6 Å². The first-order chi connectivity index (χ1) is 7.20. The van der Waals surface area contributed by atoms with Gasteiger partial charge in [-0.05, 0) is 12.1 Å². The van der Waals surface area contributed by atoms with Gasteiger partial charge >= 0.3 is 0 Å². The molecule has 0 fully saturated rings. The minimum atomic E-state index is -0.646. The summed E-state index contributed by atoms with van der Waals surface area (Å²) >= 11 is 0. The third-order valence-electron chi connectivity index (χ3n) is 1.83. The molecule has 2 N–H and O–H groups in total. The molecule has 5 heteroatoms. The first kappa shape index (κ1) is 11.0. The lowest BCUT2D eigenvalue weighted by molar-refractivity contribution is 0.0959. The van der Waals surface area contributed by atoms with Crippen molar-refractivity contribution in [2.75, 3.05) is 18.9 Å². The van der Waals surface area contributed by atoms with E-state index in [0.29, 0.717) is 0 Å². The fourth-order valence-corrected chi connectivity index (χ4v) is 1.11. The van der Waals surface area contributed by atoms with E-state index in [1.165, 1.54) is 19.2 Å².